The molecular formula is C13H28O3S2. The normalized spacial score (nSPS) is 11.9. The molecule has 3 nitrogen and oxygen atoms in total. The maximum absolute atomic E-state index is 10.4. The summed E-state index contributed by atoms with van der Waals surface area (Å²) in [5.41, 5.74) is 0. The zero-order chi connectivity index (χ0) is 13.7. The molecule has 0 atom stereocenters. The van der Waals surface area contributed by atoms with Gasteiger partial charge in [0.25, 0.3) is 0 Å². The van der Waals surface area contributed by atoms with E-state index in [1.54, 1.807) is 0 Å². The van der Waals surface area contributed by atoms with E-state index in [-0.39, 0.29) is 0 Å². The summed E-state index contributed by atoms with van der Waals surface area (Å²) >= 11 is 0. The van der Waals surface area contributed by atoms with Crippen molar-refractivity contribution in [3.05, 3.63) is 0 Å². The number of hydrogen-bond acceptors (Lipinski definition) is 3. The van der Waals surface area contributed by atoms with Crippen molar-refractivity contribution in [3.8, 4) is 0 Å². The summed E-state index contributed by atoms with van der Waals surface area (Å²) in [5, 5.41) is 0. The van der Waals surface area contributed by atoms with E-state index in [9.17, 15) is 8.42 Å². The third-order valence-corrected chi connectivity index (χ3v) is 5.13. The third kappa shape index (κ3) is 16.3. The molecule has 0 aliphatic carbocycles. The Kier molecular flexibility index (Phi) is 12.5. The summed E-state index contributed by atoms with van der Waals surface area (Å²) in [6.45, 7) is 2.24. The smallest absolute Gasteiger partial charge is 0.277 e. The fourth-order valence-corrected chi connectivity index (χ4v) is 3.45. The van der Waals surface area contributed by atoms with Crippen molar-refractivity contribution in [2.45, 2.75) is 77.6 Å². The fourth-order valence-electron chi connectivity index (χ4n) is 1.93. The standard InChI is InChI=1S/C13H28O3S2/c1-2-3-4-5-6-7-8-9-10-11-12-13-17-18(14,15)16/h2-13H2,1H3,(H,14,15,16). The molecule has 0 radical (unpaired) electrons. The molecule has 110 valence electrons. The lowest BCUT2D eigenvalue weighted by Crippen LogP contribution is -1.92. The van der Waals surface area contributed by atoms with Gasteiger partial charge in [0.2, 0.25) is 0 Å². The first-order valence-corrected chi connectivity index (χ1v) is 10.1. The molecule has 0 unspecified atom stereocenters. The summed E-state index contributed by atoms with van der Waals surface area (Å²) in [6, 6.07) is 0. The number of rotatable bonds is 13. The van der Waals surface area contributed by atoms with E-state index in [0.29, 0.717) is 16.5 Å². The topological polar surface area (TPSA) is 54.4 Å². The van der Waals surface area contributed by atoms with Gasteiger partial charge in [-0.1, -0.05) is 71.1 Å². The van der Waals surface area contributed by atoms with Gasteiger partial charge in [-0.05, 0) is 17.2 Å². The first-order valence-electron chi connectivity index (χ1n) is 7.18. The molecule has 0 aromatic heterocycles. The predicted octanol–water partition coefficient (Wildman–Crippen LogP) is 4.83. The van der Waals surface area contributed by atoms with Gasteiger partial charge in [-0.3, -0.25) is 4.55 Å². The molecule has 0 fully saturated rings. The summed E-state index contributed by atoms with van der Waals surface area (Å²) in [6.07, 6.45) is 13.8. The van der Waals surface area contributed by atoms with Crippen LogP contribution in [0.25, 0.3) is 0 Å². The van der Waals surface area contributed by atoms with Crippen LogP contribution in [0, 0.1) is 0 Å². The van der Waals surface area contributed by atoms with Gasteiger partial charge in [-0.2, -0.15) is 8.42 Å². The summed E-state index contributed by atoms with van der Waals surface area (Å²) in [7, 11) is -3.18. The summed E-state index contributed by atoms with van der Waals surface area (Å²) < 4.78 is 29.4. The molecule has 0 spiro atoms. The van der Waals surface area contributed by atoms with Crippen LogP contribution in [0.1, 0.15) is 77.6 Å². The molecule has 5 heteroatoms. The van der Waals surface area contributed by atoms with Gasteiger partial charge in [0, 0.05) is 5.75 Å². The lowest BCUT2D eigenvalue weighted by atomic mass is 10.1. The molecule has 0 aromatic rings. The minimum Gasteiger partial charge on any atom is -0.277 e. The highest BCUT2D eigenvalue weighted by Gasteiger charge is 2.03. The van der Waals surface area contributed by atoms with Crippen LogP contribution in [0.15, 0.2) is 0 Å². The van der Waals surface area contributed by atoms with E-state index < -0.39 is 9.15 Å². The molecule has 0 amide bonds. The average Bonchev–Trinajstić information content (AvgIpc) is 2.29. The molecule has 0 aromatic carbocycles. The Bertz CT molecular complexity index is 263. The highest BCUT2D eigenvalue weighted by Crippen LogP contribution is 2.15. The van der Waals surface area contributed by atoms with Crippen LogP contribution in [-0.4, -0.2) is 18.7 Å². The second-order valence-corrected chi connectivity index (χ2v) is 8.26. The van der Waals surface area contributed by atoms with Crippen molar-refractivity contribution >= 4 is 19.9 Å². The molecule has 0 saturated carbocycles. The Labute approximate surface area is 116 Å². The molecular weight excluding hydrogens is 268 g/mol. The van der Waals surface area contributed by atoms with Crippen molar-refractivity contribution < 1.29 is 13.0 Å². The van der Waals surface area contributed by atoms with Gasteiger partial charge < -0.3 is 0 Å². The fraction of sp³-hybridized carbons (Fsp3) is 1.00. The van der Waals surface area contributed by atoms with Crippen LogP contribution in [0.4, 0.5) is 0 Å². The van der Waals surface area contributed by atoms with Gasteiger partial charge in [0.15, 0.2) is 0 Å². The Hall–Kier alpha value is 0.260. The molecule has 0 aliphatic rings. The second kappa shape index (κ2) is 12.3. The van der Waals surface area contributed by atoms with Gasteiger partial charge in [-0.15, -0.1) is 0 Å². The van der Waals surface area contributed by atoms with Crippen LogP contribution in [0.3, 0.4) is 0 Å². The van der Waals surface area contributed by atoms with Gasteiger partial charge in [0.1, 0.15) is 0 Å². The van der Waals surface area contributed by atoms with E-state index in [1.807, 2.05) is 0 Å². The SMILES string of the molecule is CCCCCCCCCCCCCSS(=O)(=O)O. The van der Waals surface area contributed by atoms with Gasteiger partial charge >= 0.3 is 9.15 Å². The monoisotopic (exact) mass is 296 g/mol. The Balaban J connectivity index is 3.03. The maximum atomic E-state index is 10.4. The van der Waals surface area contributed by atoms with E-state index in [2.05, 4.69) is 6.92 Å². The van der Waals surface area contributed by atoms with Crippen molar-refractivity contribution in [3.63, 3.8) is 0 Å². The Morgan fingerprint density at radius 1 is 0.778 bits per heavy atom. The van der Waals surface area contributed by atoms with E-state index >= 15 is 0 Å². The van der Waals surface area contributed by atoms with Crippen molar-refractivity contribution in [2.24, 2.45) is 0 Å². The largest absolute Gasteiger partial charge is 0.319 e. The minimum absolute atomic E-state index is 0.510. The van der Waals surface area contributed by atoms with Gasteiger partial charge in [-0.25, -0.2) is 0 Å². The number of unbranched alkanes of at least 4 members (excludes halogenated alkanes) is 10. The summed E-state index contributed by atoms with van der Waals surface area (Å²) in [5.74, 6) is 0.510. The van der Waals surface area contributed by atoms with Crippen molar-refractivity contribution in [1.82, 2.24) is 0 Å². The van der Waals surface area contributed by atoms with E-state index in [4.69, 9.17) is 4.55 Å². The number of hydrogen-bond donors (Lipinski definition) is 1. The molecule has 0 aliphatic heterocycles. The first kappa shape index (κ1) is 18.3. The first-order chi connectivity index (χ1) is 8.56. The molecule has 0 bridgehead atoms. The van der Waals surface area contributed by atoms with E-state index in [0.717, 1.165) is 12.8 Å². The lowest BCUT2D eigenvalue weighted by molar-refractivity contribution is 0.503. The van der Waals surface area contributed by atoms with Crippen LogP contribution < -0.4 is 0 Å². The second-order valence-electron chi connectivity index (χ2n) is 4.79. The van der Waals surface area contributed by atoms with Crippen LogP contribution in [0.2, 0.25) is 0 Å². The average molecular weight is 296 g/mol. The van der Waals surface area contributed by atoms with Crippen LogP contribution >= 0.6 is 10.8 Å². The molecule has 0 heterocycles. The third-order valence-electron chi connectivity index (χ3n) is 2.98. The lowest BCUT2D eigenvalue weighted by Gasteiger charge is -2.02. The van der Waals surface area contributed by atoms with Crippen molar-refractivity contribution in [1.29, 1.82) is 0 Å². The molecule has 1 N–H and O–H groups in total. The minimum atomic E-state index is -3.82. The predicted molar refractivity (Wildman–Crippen MR) is 80.5 cm³/mol. The van der Waals surface area contributed by atoms with E-state index in [1.165, 1.54) is 57.8 Å². The highest BCUT2D eigenvalue weighted by molar-refractivity contribution is 8.69. The maximum Gasteiger partial charge on any atom is 0.319 e. The Morgan fingerprint density at radius 3 is 1.56 bits per heavy atom. The van der Waals surface area contributed by atoms with Crippen LogP contribution in [0.5, 0.6) is 0 Å². The van der Waals surface area contributed by atoms with Crippen LogP contribution in [-0.2, 0) is 9.15 Å². The van der Waals surface area contributed by atoms with Crippen molar-refractivity contribution in [2.75, 3.05) is 5.75 Å². The molecule has 0 rings (SSSR count). The van der Waals surface area contributed by atoms with Gasteiger partial charge in [0.05, 0.1) is 0 Å². The molecule has 18 heavy (non-hydrogen) atoms. The zero-order valence-corrected chi connectivity index (χ0v) is 13.2. The zero-order valence-electron chi connectivity index (χ0n) is 11.6. The summed E-state index contributed by atoms with van der Waals surface area (Å²) in [4.78, 5) is 0. The quantitative estimate of drug-likeness (QED) is 0.300. The Morgan fingerprint density at radius 2 is 1.17 bits per heavy atom. The molecule has 0 saturated heterocycles. The highest BCUT2D eigenvalue weighted by atomic mass is 33.1.